The number of ether oxygens (including phenoxy) is 2. The van der Waals surface area contributed by atoms with Crippen LogP contribution in [-0.4, -0.2) is 40.8 Å². The van der Waals surface area contributed by atoms with Gasteiger partial charge in [0.1, 0.15) is 6.61 Å². The monoisotopic (exact) mass is 652 g/mol. The maximum Gasteiger partial charge on any atom is 0.416 e. The molecule has 0 atom stereocenters. The Balaban J connectivity index is 1.24. The molecule has 7 nitrogen and oxygen atoms in total. The first-order valence-electron chi connectivity index (χ1n) is 15.2. The quantitative estimate of drug-likeness (QED) is 0.225. The molecule has 1 aromatic heterocycles. The number of amides is 1. The van der Waals surface area contributed by atoms with Gasteiger partial charge < -0.3 is 14.8 Å². The smallest absolute Gasteiger partial charge is 0.416 e. The fraction of sp³-hybridized carbons (Fsp3) is 0.515. The summed E-state index contributed by atoms with van der Waals surface area (Å²) in [6.45, 7) is 3.63. The molecule has 0 radical (unpaired) electrons. The number of carbonyl (C=O) groups excluding carboxylic acids is 1. The molecule has 46 heavy (non-hydrogen) atoms. The van der Waals surface area contributed by atoms with Crippen LogP contribution in [-0.2, 0) is 43.9 Å². The lowest BCUT2D eigenvalue weighted by Gasteiger charge is -2.41. The number of hydrogen-bond acceptors (Lipinski definition) is 5. The number of piperidine rings is 1. The molecular weight excluding hydrogens is 614 g/mol. The number of aryl methyl sites for hydroxylation is 2. The number of benzene rings is 2. The topological polar surface area (TPSA) is 68.6 Å². The van der Waals surface area contributed by atoms with Crippen molar-refractivity contribution < 1.29 is 40.6 Å². The van der Waals surface area contributed by atoms with Crippen LogP contribution in [0.1, 0.15) is 65.7 Å². The Morgan fingerprint density at radius 3 is 2.15 bits per heavy atom. The van der Waals surface area contributed by atoms with Crippen LogP contribution in [0.15, 0.2) is 42.5 Å². The summed E-state index contributed by atoms with van der Waals surface area (Å²) < 4.78 is 93.4. The Morgan fingerprint density at radius 1 is 0.957 bits per heavy atom. The third-order valence-electron chi connectivity index (χ3n) is 8.88. The number of alkyl halides is 6. The van der Waals surface area contributed by atoms with Crippen molar-refractivity contribution in [1.29, 1.82) is 0 Å². The first-order chi connectivity index (χ1) is 21.6. The van der Waals surface area contributed by atoms with E-state index >= 15 is 0 Å². The second-order valence-electron chi connectivity index (χ2n) is 12.5. The highest BCUT2D eigenvalue weighted by Crippen LogP contribution is 2.46. The maximum absolute atomic E-state index is 13.6. The SMILES string of the molecule is COc1ccc(CN2CCC(CC3CC3)(C(=O)NCc3cc(C(F)(F)F)cc(C(F)(F)F)c3)CC2)cc1OCc1cc(C)nn1C. The molecule has 2 fully saturated rings. The van der Waals surface area contributed by atoms with E-state index in [1.54, 1.807) is 11.8 Å². The van der Waals surface area contributed by atoms with E-state index in [0.717, 1.165) is 29.8 Å². The highest BCUT2D eigenvalue weighted by atomic mass is 19.4. The third-order valence-corrected chi connectivity index (χ3v) is 8.88. The zero-order valence-electron chi connectivity index (χ0n) is 26.0. The number of hydrogen-bond donors (Lipinski definition) is 1. The summed E-state index contributed by atoms with van der Waals surface area (Å²) in [5.74, 6) is 1.27. The number of nitrogens with one attached hydrogen (secondary N) is 1. The molecule has 5 rings (SSSR count). The van der Waals surface area contributed by atoms with Gasteiger partial charge in [0.15, 0.2) is 11.5 Å². The Labute approximate surface area is 263 Å². The molecule has 2 aromatic carbocycles. The molecule has 1 amide bonds. The molecule has 1 saturated carbocycles. The van der Waals surface area contributed by atoms with Crippen molar-refractivity contribution in [2.24, 2.45) is 18.4 Å². The largest absolute Gasteiger partial charge is 0.493 e. The zero-order valence-corrected chi connectivity index (χ0v) is 26.0. The number of carbonyl (C=O) groups is 1. The fourth-order valence-electron chi connectivity index (χ4n) is 6.17. The predicted molar refractivity (Wildman–Crippen MR) is 158 cm³/mol. The van der Waals surface area contributed by atoms with Gasteiger partial charge in [-0.3, -0.25) is 14.4 Å². The Bertz CT molecular complexity index is 1510. The first kappa shape index (κ1) is 33.6. The average molecular weight is 653 g/mol. The van der Waals surface area contributed by atoms with Gasteiger partial charge in [0.25, 0.3) is 0 Å². The summed E-state index contributed by atoms with van der Waals surface area (Å²) in [5.41, 5.74) is -0.961. The van der Waals surface area contributed by atoms with Gasteiger partial charge >= 0.3 is 12.4 Å². The van der Waals surface area contributed by atoms with E-state index in [0.29, 0.717) is 75.1 Å². The van der Waals surface area contributed by atoms with E-state index in [-0.39, 0.29) is 17.5 Å². The molecule has 2 aliphatic rings. The highest BCUT2D eigenvalue weighted by Gasteiger charge is 2.45. The van der Waals surface area contributed by atoms with Gasteiger partial charge in [0, 0.05) is 20.1 Å². The van der Waals surface area contributed by atoms with Crippen LogP contribution in [0.2, 0.25) is 0 Å². The number of rotatable bonds is 11. The Hall–Kier alpha value is -3.74. The number of halogens is 6. The molecule has 250 valence electrons. The molecule has 0 spiro atoms. The summed E-state index contributed by atoms with van der Waals surface area (Å²) in [5, 5.41) is 7.04. The van der Waals surface area contributed by atoms with Crippen LogP contribution < -0.4 is 14.8 Å². The van der Waals surface area contributed by atoms with Crippen molar-refractivity contribution >= 4 is 5.91 Å². The number of methoxy groups -OCH3 is 1. The molecule has 0 bridgehead atoms. The van der Waals surface area contributed by atoms with Crippen molar-refractivity contribution in [1.82, 2.24) is 20.0 Å². The van der Waals surface area contributed by atoms with Crippen molar-refractivity contribution in [3.8, 4) is 11.5 Å². The predicted octanol–water partition coefficient (Wildman–Crippen LogP) is 7.05. The third kappa shape index (κ3) is 8.15. The lowest BCUT2D eigenvalue weighted by atomic mass is 9.73. The second-order valence-corrected chi connectivity index (χ2v) is 12.5. The average Bonchev–Trinajstić information content (AvgIpc) is 3.75. The summed E-state index contributed by atoms with van der Waals surface area (Å²) in [7, 11) is 3.43. The van der Waals surface area contributed by atoms with Crippen molar-refractivity contribution in [2.75, 3.05) is 20.2 Å². The summed E-state index contributed by atoms with van der Waals surface area (Å²) in [6.07, 6.45) is -6.17. The summed E-state index contributed by atoms with van der Waals surface area (Å²) >= 11 is 0. The normalized spacial score (nSPS) is 17.2. The number of aromatic nitrogens is 2. The van der Waals surface area contributed by atoms with E-state index in [1.807, 2.05) is 38.2 Å². The van der Waals surface area contributed by atoms with Gasteiger partial charge in [-0.2, -0.15) is 31.4 Å². The van der Waals surface area contributed by atoms with Crippen molar-refractivity contribution in [3.63, 3.8) is 0 Å². The van der Waals surface area contributed by atoms with Gasteiger partial charge in [0.2, 0.25) is 5.91 Å². The minimum absolute atomic E-state index is 0.0924. The number of nitrogens with zero attached hydrogens (tertiary/aromatic N) is 3. The molecule has 3 aromatic rings. The fourth-order valence-corrected chi connectivity index (χ4v) is 6.17. The first-order valence-corrected chi connectivity index (χ1v) is 15.2. The molecule has 0 unspecified atom stereocenters. The van der Waals surface area contributed by atoms with Crippen LogP contribution in [0.5, 0.6) is 11.5 Å². The van der Waals surface area contributed by atoms with Gasteiger partial charge in [-0.25, -0.2) is 0 Å². The highest BCUT2D eigenvalue weighted by molar-refractivity contribution is 5.82. The van der Waals surface area contributed by atoms with Crippen molar-refractivity contribution in [2.45, 2.75) is 71.1 Å². The van der Waals surface area contributed by atoms with Crippen molar-refractivity contribution in [3.05, 3.63) is 76.1 Å². The van der Waals surface area contributed by atoms with E-state index in [4.69, 9.17) is 9.47 Å². The molecule has 1 aliphatic heterocycles. The van der Waals surface area contributed by atoms with Gasteiger partial charge in [-0.05, 0) is 92.7 Å². The molecule has 2 heterocycles. The lowest BCUT2D eigenvalue weighted by molar-refractivity contribution is -0.143. The molecule has 1 N–H and O–H groups in total. The standard InChI is InChI=1S/C33H38F6N4O3/c1-21-12-27(42(2)41-21)20-46-29-15-23(6-7-28(29)45-3)19-43-10-8-31(9-11-43,17-22-4-5-22)30(44)40-18-24-13-25(32(34,35)36)16-26(14-24)33(37,38)39/h6-7,12-16,22H,4-5,8-11,17-20H2,1-3H3,(H,40,44). The van der Waals surface area contributed by atoms with E-state index in [1.165, 1.54) is 0 Å². The van der Waals surface area contributed by atoms with Crippen LogP contribution in [0.4, 0.5) is 26.3 Å². The minimum Gasteiger partial charge on any atom is -0.493 e. The zero-order chi connectivity index (χ0) is 33.3. The van der Waals surface area contributed by atoms with E-state index in [2.05, 4.69) is 15.3 Å². The van der Waals surface area contributed by atoms with Crippen LogP contribution in [0.25, 0.3) is 0 Å². The summed E-state index contributed by atoms with van der Waals surface area (Å²) in [6, 6.07) is 9.12. The van der Waals surface area contributed by atoms with Crippen LogP contribution >= 0.6 is 0 Å². The van der Waals surface area contributed by atoms with Gasteiger partial charge in [-0.1, -0.05) is 18.9 Å². The molecular formula is C33H38F6N4O3. The maximum atomic E-state index is 13.6. The van der Waals surface area contributed by atoms with Gasteiger partial charge in [0.05, 0.1) is 35.0 Å². The Morgan fingerprint density at radius 2 is 1.61 bits per heavy atom. The molecule has 1 aliphatic carbocycles. The molecule has 13 heteroatoms. The number of likely N-dealkylation sites (tertiary alicyclic amines) is 1. The van der Waals surface area contributed by atoms with Gasteiger partial charge in [-0.15, -0.1) is 0 Å². The van der Waals surface area contributed by atoms with E-state index < -0.39 is 35.4 Å². The van der Waals surface area contributed by atoms with E-state index in [9.17, 15) is 31.1 Å². The van der Waals surface area contributed by atoms with Crippen LogP contribution in [0.3, 0.4) is 0 Å². The second kappa shape index (κ2) is 13.2. The minimum atomic E-state index is -4.95. The lowest BCUT2D eigenvalue weighted by Crippen LogP contribution is -2.48. The molecule has 1 saturated heterocycles. The summed E-state index contributed by atoms with van der Waals surface area (Å²) in [4.78, 5) is 15.8. The van der Waals surface area contributed by atoms with Crippen LogP contribution in [0, 0.1) is 18.3 Å². The Kier molecular flexibility index (Phi) is 9.63.